The molecule has 80 valence electrons. The minimum absolute atomic E-state index is 0.113. The van der Waals surface area contributed by atoms with Gasteiger partial charge in [-0.25, -0.2) is 0 Å². The normalized spacial score (nSPS) is 14.6. The van der Waals surface area contributed by atoms with Crippen LogP contribution >= 0.6 is 0 Å². The van der Waals surface area contributed by atoms with Crippen molar-refractivity contribution in [1.29, 1.82) is 5.26 Å². The second-order valence-electron chi connectivity index (χ2n) is 4.15. The second-order valence-corrected chi connectivity index (χ2v) is 4.15. The van der Waals surface area contributed by atoms with Crippen LogP contribution in [0.15, 0.2) is 30.3 Å². The average molecular weight is 202 g/mol. The fourth-order valence-corrected chi connectivity index (χ4v) is 1.64. The van der Waals surface area contributed by atoms with Gasteiger partial charge in [0.25, 0.3) is 0 Å². The molecular formula is C13H18N2. The molecule has 1 aromatic carbocycles. The van der Waals surface area contributed by atoms with Gasteiger partial charge >= 0.3 is 0 Å². The van der Waals surface area contributed by atoms with Crippen molar-refractivity contribution in [2.75, 3.05) is 0 Å². The lowest BCUT2D eigenvalue weighted by molar-refractivity contribution is 0.398. The third-order valence-corrected chi connectivity index (χ3v) is 2.45. The van der Waals surface area contributed by atoms with Crippen LogP contribution in [0.3, 0.4) is 0 Å². The lowest BCUT2D eigenvalue weighted by Crippen LogP contribution is -2.32. The summed E-state index contributed by atoms with van der Waals surface area (Å²) in [4.78, 5) is 0. The Balaban J connectivity index is 2.81. The standard InChI is InChI=1S/C13H18N2/c1-10(2)13(15-11(3)9-14)12-7-5-4-6-8-12/h4-8,10-11,13,15H,1-3H3. The smallest absolute Gasteiger partial charge is 0.0929 e. The van der Waals surface area contributed by atoms with Crippen LogP contribution in [0, 0.1) is 17.2 Å². The van der Waals surface area contributed by atoms with Gasteiger partial charge in [0.15, 0.2) is 0 Å². The Morgan fingerprint density at radius 1 is 1.13 bits per heavy atom. The van der Waals surface area contributed by atoms with Crippen LogP contribution in [0.2, 0.25) is 0 Å². The second kappa shape index (κ2) is 5.53. The van der Waals surface area contributed by atoms with Crippen molar-refractivity contribution in [1.82, 2.24) is 5.32 Å². The molecule has 2 unspecified atom stereocenters. The van der Waals surface area contributed by atoms with Gasteiger partial charge in [0.2, 0.25) is 0 Å². The Morgan fingerprint density at radius 2 is 1.73 bits per heavy atom. The van der Waals surface area contributed by atoms with Crippen LogP contribution in [0.1, 0.15) is 32.4 Å². The summed E-state index contributed by atoms with van der Waals surface area (Å²) in [6, 6.07) is 12.6. The number of rotatable bonds is 4. The van der Waals surface area contributed by atoms with Crippen molar-refractivity contribution in [3.8, 4) is 6.07 Å². The average Bonchev–Trinajstić information content (AvgIpc) is 2.26. The predicted octanol–water partition coefficient (Wildman–Crippen LogP) is 2.89. The third-order valence-electron chi connectivity index (χ3n) is 2.45. The first-order valence-electron chi connectivity index (χ1n) is 5.35. The van der Waals surface area contributed by atoms with E-state index in [1.54, 1.807) is 0 Å². The van der Waals surface area contributed by atoms with E-state index in [9.17, 15) is 0 Å². The van der Waals surface area contributed by atoms with Crippen LogP contribution < -0.4 is 5.32 Å². The topological polar surface area (TPSA) is 35.8 Å². The lowest BCUT2D eigenvalue weighted by Gasteiger charge is -2.24. The molecule has 0 heterocycles. The van der Waals surface area contributed by atoms with E-state index < -0.39 is 0 Å². The van der Waals surface area contributed by atoms with Gasteiger partial charge in [0, 0.05) is 6.04 Å². The van der Waals surface area contributed by atoms with Gasteiger partial charge in [-0.3, -0.25) is 5.32 Å². The van der Waals surface area contributed by atoms with Crippen LogP contribution in [0.25, 0.3) is 0 Å². The van der Waals surface area contributed by atoms with Gasteiger partial charge < -0.3 is 0 Å². The highest BCUT2D eigenvalue weighted by molar-refractivity contribution is 5.20. The molecule has 2 heteroatoms. The molecule has 0 radical (unpaired) electrons. The Labute approximate surface area is 91.9 Å². The molecule has 15 heavy (non-hydrogen) atoms. The molecule has 2 atom stereocenters. The first-order chi connectivity index (χ1) is 7.15. The highest BCUT2D eigenvalue weighted by Crippen LogP contribution is 2.21. The zero-order valence-corrected chi connectivity index (χ0v) is 9.57. The van der Waals surface area contributed by atoms with Gasteiger partial charge in [-0.2, -0.15) is 5.26 Å². The van der Waals surface area contributed by atoms with Gasteiger partial charge in [0.1, 0.15) is 0 Å². The Kier molecular flexibility index (Phi) is 4.33. The maximum Gasteiger partial charge on any atom is 0.0929 e. The molecule has 0 aliphatic carbocycles. The highest BCUT2D eigenvalue weighted by Gasteiger charge is 2.16. The van der Waals surface area contributed by atoms with Crippen LogP contribution in [0.5, 0.6) is 0 Å². The molecule has 1 N–H and O–H groups in total. The van der Waals surface area contributed by atoms with Crippen molar-refractivity contribution < 1.29 is 0 Å². The molecule has 1 aromatic rings. The van der Waals surface area contributed by atoms with Gasteiger partial charge in [-0.15, -0.1) is 0 Å². The molecule has 0 aliphatic heterocycles. The zero-order chi connectivity index (χ0) is 11.3. The van der Waals surface area contributed by atoms with E-state index in [-0.39, 0.29) is 12.1 Å². The quantitative estimate of drug-likeness (QED) is 0.815. The molecule has 0 aromatic heterocycles. The number of nitriles is 1. The summed E-state index contributed by atoms with van der Waals surface area (Å²) in [6.07, 6.45) is 0. The molecule has 0 spiro atoms. The van der Waals surface area contributed by atoms with Crippen LogP contribution in [-0.4, -0.2) is 6.04 Å². The minimum atomic E-state index is -0.113. The van der Waals surface area contributed by atoms with Crippen LogP contribution in [-0.2, 0) is 0 Å². The predicted molar refractivity (Wildman–Crippen MR) is 62.2 cm³/mol. The summed E-state index contributed by atoms with van der Waals surface area (Å²) < 4.78 is 0. The number of hydrogen-bond donors (Lipinski definition) is 1. The summed E-state index contributed by atoms with van der Waals surface area (Å²) >= 11 is 0. The van der Waals surface area contributed by atoms with E-state index in [2.05, 4.69) is 37.4 Å². The third kappa shape index (κ3) is 3.38. The fraction of sp³-hybridized carbons (Fsp3) is 0.462. The molecule has 0 saturated heterocycles. The maximum atomic E-state index is 8.80. The van der Waals surface area contributed by atoms with E-state index in [0.29, 0.717) is 5.92 Å². The van der Waals surface area contributed by atoms with Gasteiger partial charge in [-0.05, 0) is 18.4 Å². The summed E-state index contributed by atoms with van der Waals surface area (Å²) in [5.74, 6) is 0.475. The van der Waals surface area contributed by atoms with Gasteiger partial charge in [-0.1, -0.05) is 44.2 Å². The van der Waals surface area contributed by atoms with E-state index in [1.807, 2.05) is 25.1 Å². The van der Waals surface area contributed by atoms with Crippen molar-refractivity contribution in [3.05, 3.63) is 35.9 Å². The molecule has 0 bridgehead atoms. The molecule has 0 saturated carbocycles. The molecule has 0 amide bonds. The summed E-state index contributed by atoms with van der Waals surface area (Å²) in [6.45, 7) is 6.21. The number of hydrogen-bond acceptors (Lipinski definition) is 2. The van der Waals surface area contributed by atoms with E-state index >= 15 is 0 Å². The van der Waals surface area contributed by atoms with E-state index in [1.165, 1.54) is 5.56 Å². The maximum absolute atomic E-state index is 8.80. The monoisotopic (exact) mass is 202 g/mol. The number of nitrogens with one attached hydrogen (secondary N) is 1. The lowest BCUT2D eigenvalue weighted by atomic mass is 9.95. The molecule has 2 nitrogen and oxygen atoms in total. The zero-order valence-electron chi connectivity index (χ0n) is 9.57. The van der Waals surface area contributed by atoms with Crippen LogP contribution in [0.4, 0.5) is 0 Å². The minimum Gasteiger partial charge on any atom is -0.295 e. The Morgan fingerprint density at radius 3 is 2.20 bits per heavy atom. The van der Waals surface area contributed by atoms with Gasteiger partial charge in [0.05, 0.1) is 12.1 Å². The largest absolute Gasteiger partial charge is 0.295 e. The summed E-state index contributed by atoms with van der Waals surface area (Å²) in [7, 11) is 0. The Hall–Kier alpha value is -1.33. The van der Waals surface area contributed by atoms with E-state index in [4.69, 9.17) is 5.26 Å². The molecule has 0 aliphatic rings. The molecule has 1 rings (SSSR count). The summed E-state index contributed by atoms with van der Waals surface area (Å²) in [5.41, 5.74) is 1.25. The molecule has 0 fully saturated rings. The number of benzene rings is 1. The SMILES string of the molecule is CC(C#N)NC(c1ccccc1)C(C)C. The van der Waals surface area contributed by atoms with Crippen molar-refractivity contribution in [3.63, 3.8) is 0 Å². The first kappa shape index (κ1) is 11.7. The molecular weight excluding hydrogens is 184 g/mol. The number of nitrogens with zero attached hydrogens (tertiary/aromatic N) is 1. The van der Waals surface area contributed by atoms with Crippen molar-refractivity contribution in [2.24, 2.45) is 5.92 Å². The van der Waals surface area contributed by atoms with Crippen molar-refractivity contribution >= 4 is 0 Å². The highest BCUT2D eigenvalue weighted by atomic mass is 14.9. The fourth-order valence-electron chi connectivity index (χ4n) is 1.64. The van der Waals surface area contributed by atoms with Crippen molar-refractivity contribution in [2.45, 2.75) is 32.9 Å². The van der Waals surface area contributed by atoms with E-state index in [0.717, 1.165) is 0 Å². The Bertz CT molecular complexity index is 324. The first-order valence-corrected chi connectivity index (χ1v) is 5.35. The summed E-state index contributed by atoms with van der Waals surface area (Å²) in [5, 5.41) is 12.1.